The normalized spacial score (nSPS) is 24.8. The van der Waals surface area contributed by atoms with Crippen molar-refractivity contribution in [1.29, 1.82) is 0 Å². The third kappa shape index (κ3) is 3.58. The van der Waals surface area contributed by atoms with E-state index >= 15 is 0 Å². The van der Waals surface area contributed by atoms with Gasteiger partial charge in [0.2, 0.25) is 5.95 Å². The van der Waals surface area contributed by atoms with Gasteiger partial charge in [0.25, 0.3) is 0 Å². The number of rotatable bonds is 1. The van der Waals surface area contributed by atoms with Gasteiger partial charge in [-0.3, -0.25) is 0 Å². The molecule has 2 aliphatic rings. The monoisotopic (exact) mass is 337 g/mol. The van der Waals surface area contributed by atoms with E-state index in [4.69, 9.17) is 4.74 Å². The summed E-state index contributed by atoms with van der Waals surface area (Å²) in [4.78, 5) is 26.1. The number of piperidine rings is 1. The molecule has 7 nitrogen and oxygen atoms in total. The number of ether oxygens (including phenoxy) is 1. The predicted octanol–water partition coefficient (Wildman–Crippen LogP) is 1.22. The zero-order valence-electron chi connectivity index (χ0n) is 14.2. The standard InChI is InChI=1S/C16H24FN5O2/c1-20(2)15(23)22-5-3-4-16(11-22)10-21(6-7-24-12-16)14-18-8-13(17)9-19-14/h8-9H,3-7,10-12H2,1-2H3/t16-/m0/s1. The highest BCUT2D eigenvalue weighted by Gasteiger charge is 2.41. The third-order valence-corrected chi connectivity index (χ3v) is 4.64. The molecule has 0 saturated carbocycles. The predicted molar refractivity (Wildman–Crippen MR) is 87.3 cm³/mol. The Hall–Kier alpha value is -1.96. The van der Waals surface area contributed by atoms with Crippen LogP contribution >= 0.6 is 0 Å². The van der Waals surface area contributed by atoms with Crippen molar-refractivity contribution in [2.45, 2.75) is 12.8 Å². The lowest BCUT2D eigenvalue weighted by Gasteiger charge is -2.44. The van der Waals surface area contributed by atoms with Gasteiger partial charge in [-0.1, -0.05) is 0 Å². The maximum Gasteiger partial charge on any atom is 0.319 e. The Morgan fingerprint density at radius 2 is 2.04 bits per heavy atom. The van der Waals surface area contributed by atoms with Crippen molar-refractivity contribution in [2.75, 3.05) is 58.4 Å². The average Bonchev–Trinajstić information content (AvgIpc) is 2.77. The summed E-state index contributed by atoms with van der Waals surface area (Å²) in [5.74, 6) is 0.0669. The fraction of sp³-hybridized carbons (Fsp3) is 0.688. The molecule has 1 aromatic heterocycles. The molecule has 2 fully saturated rings. The second kappa shape index (κ2) is 6.88. The van der Waals surface area contributed by atoms with Crippen LogP contribution in [0.25, 0.3) is 0 Å². The first-order valence-corrected chi connectivity index (χ1v) is 8.26. The Morgan fingerprint density at radius 3 is 2.75 bits per heavy atom. The third-order valence-electron chi connectivity index (χ3n) is 4.64. The lowest BCUT2D eigenvalue weighted by Crippen LogP contribution is -2.54. The van der Waals surface area contributed by atoms with Crippen LogP contribution in [0.5, 0.6) is 0 Å². The van der Waals surface area contributed by atoms with Gasteiger partial charge in [-0.25, -0.2) is 19.2 Å². The van der Waals surface area contributed by atoms with Crippen molar-refractivity contribution < 1.29 is 13.9 Å². The van der Waals surface area contributed by atoms with E-state index in [0.717, 1.165) is 19.4 Å². The topological polar surface area (TPSA) is 61.8 Å². The second-order valence-electron chi connectivity index (χ2n) is 6.88. The smallest absolute Gasteiger partial charge is 0.319 e. The van der Waals surface area contributed by atoms with Gasteiger partial charge in [0, 0.05) is 45.7 Å². The Bertz CT molecular complexity index is 582. The molecule has 0 radical (unpaired) electrons. The number of hydrogen-bond donors (Lipinski definition) is 0. The van der Waals surface area contributed by atoms with E-state index in [1.807, 2.05) is 9.80 Å². The number of anilines is 1. The lowest BCUT2D eigenvalue weighted by molar-refractivity contribution is 0.0209. The number of aromatic nitrogens is 2. The van der Waals surface area contributed by atoms with Crippen LogP contribution < -0.4 is 4.90 Å². The number of carbonyl (C=O) groups excluding carboxylic acids is 1. The summed E-state index contributed by atoms with van der Waals surface area (Å²) in [6, 6.07) is 0.0305. The molecular weight excluding hydrogens is 313 g/mol. The molecule has 2 amide bonds. The molecule has 0 N–H and O–H groups in total. The summed E-state index contributed by atoms with van der Waals surface area (Å²) < 4.78 is 18.9. The number of amides is 2. The van der Waals surface area contributed by atoms with E-state index in [-0.39, 0.29) is 11.4 Å². The maximum atomic E-state index is 13.1. The van der Waals surface area contributed by atoms with Gasteiger partial charge >= 0.3 is 6.03 Å². The Labute approximate surface area is 141 Å². The van der Waals surface area contributed by atoms with E-state index < -0.39 is 5.82 Å². The van der Waals surface area contributed by atoms with Gasteiger partial charge in [-0.15, -0.1) is 0 Å². The maximum absolute atomic E-state index is 13.1. The van der Waals surface area contributed by atoms with Crippen molar-refractivity contribution >= 4 is 12.0 Å². The largest absolute Gasteiger partial charge is 0.379 e. The van der Waals surface area contributed by atoms with E-state index in [0.29, 0.717) is 38.8 Å². The molecule has 8 heteroatoms. The zero-order chi connectivity index (χ0) is 17.2. The number of halogens is 1. The molecular formula is C16H24FN5O2. The highest BCUT2D eigenvalue weighted by molar-refractivity contribution is 5.74. The molecule has 0 bridgehead atoms. The number of carbonyl (C=O) groups is 1. The molecule has 1 spiro atoms. The molecule has 0 aliphatic carbocycles. The van der Waals surface area contributed by atoms with Crippen LogP contribution in [-0.4, -0.2) is 79.3 Å². The first kappa shape index (κ1) is 16.9. The van der Waals surface area contributed by atoms with Crippen molar-refractivity contribution in [1.82, 2.24) is 19.8 Å². The number of hydrogen-bond acceptors (Lipinski definition) is 5. The van der Waals surface area contributed by atoms with E-state index in [2.05, 4.69) is 9.97 Å². The number of likely N-dealkylation sites (tertiary alicyclic amines) is 1. The van der Waals surface area contributed by atoms with Crippen molar-refractivity contribution in [3.63, 3.8) is 0 Å². The highest BCUT2D eigenvalue weighted by atomic mass is 19.1. The van der Waals surface area contributed by atoms with E-state index in [9.17, 15) is 9.18 Å². The van der Waals surface area contributed by atoms with Crippen LogP contribution in [0.15, 0.2) is 12.4 Å². The zero-order valence-corrected chi connectivity index (χ0v) is 14.2. The van der Waals surface area contributed by atoms with Gasteiger partial charge in [0.1, 0.15) is 0 Å². The molecule has 1 atom stereocenters. The van der Waals surface area contributed by atoms with Crippen molar-refractivity contribution in [3.05, 3.63) is 18.2 Å². The molecule has 3 heterocycles. The SMILES string of the molecule is CN(C)C(=O)N1CCC[C@@]2(COCCN(c3ncc(F)cn3)C2)C1. The minimum atomic E-state index is -0.444. The summed E-state index contributed by atoms with van der Waals surface area (Å²) >= 11 is 0. The summed E-state index contributed by atoms with van der Waals surface area (Å²) in [5.41, 5.74) is -0.141. The van der Waals surface area contributed by atoms with Crippen LogP contribution in [0.4, 0.5) is 15.1 Å². The fourth-order valence-electron chi connectivity index (χ4n) is 3.53. The highest BCUT2D eigenvalue weighted by Crippen LogP contribution is 2.34. The van der Waals surface area contributed by atoms with Gasteiger partial charge in [0.15, 0.2) is 5.82 Å². The summed E-state index contributed by atoms with van der Waals surface area (Å²) in [5, 5.41) is 0. The van der Waals surface area contributed by atoms with Crippen molar-refractivity contribution in [2.24, 2.45) is 5.41 Å². The summed E-state index contributed by atoms with van der Waals surface area (Å²) in [7, 11) is 3.54. The Morgan fingerprint density at radius 1 is 1.29 bits per heavy atom. The van der Waals surface area contributed by atoms with Gasteiger partial charge in [-0.2, -0.15) is 0 Å². The average molecular weight is 337 g/mol. The van der Waals surface area contributed by atoms with E-state index in [1.54, 1.807) is 19.0 Å². The Balaban J connectivity index is 1.78. The lowest BCUT2D eigenvalue weighted by atomic mass is 9.80. The minimum Gasteiger partial charge on any atom is -0.379 e. The molecule has 132 valence electrons. The second-order valence-corrected chi connectivity index (χ2v) is 6.88. The van der Waals surface area contributed by atoms with Gasteiger partial charge in [0.05, 0.1) is 25.6 Å². The number of urea groups is 1. The Kier molecular flexibility index (Phi) is 4.84. The molecule has 2 aliphatic heterocycles. The van der Waals surface area contributed by atoms with Gasteiger partial charge in [-0.05, 0) is 12.8 Å². The van der Waals surface area contributed by atoms with Gasteiger partial charge < -0.3 is 19.4 Å². The molecule has 1 aromatic rings. The molecule has 0 unspecified atom stereocenters. The van der Waals surface area contributed by atoms with E-state index in [1.165, 1.54) is 12.4 Å². The summed E-state index contributed by atoms with van der Waals surface area (Å²) in [6.07, 6.45) is 4.30. The molecule has 24 heavy (non-hydrogen) atoms. The fourth-order valence-corrected chi connectivity index (χ4v) is 3.53. The molecule has 0 aromatic carbocycles. The van der Waals surface area contributed by atoms with Crippen LogP contribution in [-0.2, 0) is 4.74 Å². The first-order chi connectivity index (χ1) is 11.5. The summed E-state index contributed by atoms with van der Waals surface area (Å²) in [6.45, 7) is 3.98. The minimum absolute atomic E-state index is 0.0305. The van der Waals surface area contributed by atoms with Crippen LogP contribution in [0.2, 0.25) is 0 Å². The number of nitrogens with zero attached hydrogens (tertiary/aromatic N) is 5. The molecule has 3 rings (SSSR count). The van der Waals surface area contributed by atoms with Crippen LogP contribution in [0.3, 0.4) is 0 Å². The first-order valence-electron chi connectivity index (χ1n) is 8.26. The quantitative estimate of drug-likeness (QED) is 0.771. The van der Waals surface area contributed by atoms with Crippen LogP contribution in [0, 0.1) is 11.2 Å². The van der Waals surface area contributed by atoms with Crippen LogP contribution in [0.1, 0.15) is 12.8 Å². The van der Waals surface area contributed by atoms with Crippen molar-refractivity contribution in [3.8, 4) is 0 Å². The molecule has 2 saturated heterocycles.